The number of aromatic carboxylic acids is 1. The van der Waals surface area contributed by atoms with Crippen molar-refractivity contribution in [3.8, 4) is 0 Å². The number of benzene rings is 2. The molecule has 0 spiro atoms. The van der Waals surface area contributed by atoms with Gasteiger partial charge in [-0.3, -0.25) is 9.88 Å². The van der Waals surface area contributed by atoms with Gasteiger partial charge in [0.2, 0.25) is 0 Å². The molecule has 2 heterocycles. The van der Waals surface area contributed by atoms with Gasteiger partial charge in [-0.05, 0) is 85.3 Å². The van der Waals surface area contributed by atoms with Crippen LogP contribution in [0.25, 0.3) is 0 Å². The zero-order chi connectivity index (χ0) is 23.4. The summed E-state index contributed by atoms with van der Waals surface area (Å²) >= 11 is 0. The lowest BCUT2D eigenvalue weighted by atomic mass is 9.88. The fraction of sp³-hybridized carbons (Fsp3) is 0.357. The molecular weight excluding hydrogens is 410 g/mol. The van der Waals surface area contributed by atoms with Gasteiger partial charge in [-0.15, -0.1) is 0 Å². The minimum absolute atomic E-state index is 0.267. The molecular formula is C28H33N3O2. The van der Waals surface area contributed by atoms with Crippen molar-refractivity contribution in [2.45, 2.75) is 45.1 Å². The highest BCUT2D eigenvalue weighted by molar-refractivity contribution is 5.89. The second-order valence-corrected chi connectivity index (χ2v) is 8.98. The van der Waals surface area contributed by atoms with Crippen molar-refractivity contribution in [1.82, 2.24) is 9.88 Å². The highest BCUT2D eigenvalue weighted by Gasteiger charge is 2.25. The van der Waals surface area contributed by atoms with Gasteiger partial charge in [-0.2, -0.15) is 0 Å². The Kier molecular flexibility index (Phi) is 7.09. The molecule has 3 aromatic rings. The fourth-order valence-electron chi connectivity index (χ4n) is 4.86. The molecule has 1 aliphatic heterocycles. The molecule has 1 atom stereocenters. The molecule has 0 aliphatic carbocycles. The summed E-state index contributed by atoms with van der Waals surface area (Å²) in [5.41, 5.74) is 7.65. The van der Waals surface area contributed by atoms with E-state index in [2.05, 4.69) is 78.3 Å². The topological polar surface area (TPSA) is 56.7 Å². The summed E-state index contributed by atoms with van der Waals surface area (Å²) in [5.74, 6) is -0.889. The Hall–Kier alpha value is -3.18. The number of fused-ring (bicyclic) bond motifs is 1. The van der Waals surface area contributed by atoms with Gasteiger partial charge in [0, 0.05) is 43.4 Å². The predicted molar refractivity (Wildman–Crippen MR) is 134 cm³/mol. The van der Waals surface area contributed by atoms with Crippen LogP contribution in [0.1, 0.15) is 58.4 Å². The second kappa shape index (κ2) is 10.2. The van der Waals surface area contributed by atoms with Crippen molar-refractivity contribution in [2.24, 2.45) is 0 Å². The van der Waals surface area contributed by atoms with Crippen LogP contribution in [0, 0.1) is 0 Å². The molecule has 0 saturated heterocycles. The second-order valence-electron chi connectivity index (χ2n) is 8.98. The number of hydrogen-bond acceptors (Lipinski definition) is 4. The number of carbonyl (C=O) groups is 1. The normalized spacial score (nSPS) is 15.8. The highest BCUT2D eigenvalue weighted by atomic mass is 16.4. The van der Waals surface area contributed by atoms with Crippen LogP contribution in [0.2, 0.25) is 0 Å². The van der Waals surface area contributed by atoms with E-state index in [1.54, 1.807) is 18.5 Å². The number of carboxylic acid groups (broad SMARTS) is 1. The number of carboxylic acids is 1. The van der Waals surface area contributed by atoms with E-state index in [1.165, 1.54) is 28.1 Å². The van der Waals surface area contributed by atoms with Crippen LogP contribution in [0.5, 0.6) is 0 Å². The van der Waals surface area contributed by atoms with Crippen molar-refractivity contribution >= 4 is 17.3 Å². The first-order valence-corrected chi connectivity index (χ1v) is 11.8. The van der Waals surface area contributed by atoms with E-state index in [4.69, 9.17) is 0 Å². The number of nitrogens with zero attached hydrogens (tertiary/aromatic N) is 3. The summed E-state index contributed by atoms with van der Waals surface area (Å²) in [5, 5.41) is 9.49. The SMILES string of the molecule is CCCc1ccc(N(C)c2ccc3c(c2)CCN(C)[C@H]3CCc2cnccc2C(=O)O)cc1. The maximum atomic E-state index is 11.6. The Morgan fingerprint density at radius 3 is 2.61 bits per heavy atom. The Bertz CT molecular complexity index is 1110. The van der Waals surface area contributed by atoms with Gasteiger partial charge in [0.25, 0.3) is 0 Å². The minimum atomic E-state index is -0.889. The summed E-state index contributed by atoms with van der Waals surface area (Å²) in [4.78, 5) is 20.3. The summed E-state index contributed by atoms with van der Waals surface area (Å²) in [7, 11) is 4.28. The van der Waals surface area contributed by atoms with Gasteiger partial charge in [-0.25, -0.2) is 4.79 Å². The van der Waals surface area contributed by atoms with Crippen molar-refractivity contribution in [3.63, 3.8) is 0 Å². The smallest absolute Gasteiger partial charge is 0.336 e. The van der Waals surface area contributed by atoms with Crippen molar-refractivity contribution in [2.75, 3.05) is 25.5 Å². The lowest BCUT2D eigenvalue weighted by molar-refractivity contribution is 0.0695. The monoisotopic (exact) mass is 443 g/mol. The summed E-state index contributed by atoms with van der Waals surface area (Å²) in [6.07, 6.45) is 8.09. The van der Waals surface area contributed by atoms with E-state index < -0.39 is 5.97 Å². The van der Waals surface area contributed by atoms with E-state index in [-0.39, 0.29) is 6.04 Å². The quantitative estimate of drug-likeness (QED) is 0.487. The molecule has 0 bridgehead atoms. The zero-order valence-electron chi connectivity index (χ0n) is 19.8. The van der Waals surface area contributed by atoms with Crippen LogP contribution in [0.15, 0.2) is 60.9 Å². The minimum Gasteiger partial charge on any atom is -0.478 e. The third-order valence-corrected chi connectivity index (χ3v) is 6.82. The van der Waals surface area contributed by atoms with Crippen LogP contribution >= 0.6 is 0 Å². The van der Waals surface area contributed by atoms with Crippen LogP contribution < -0.4 is 4.90 Å². The number of hydrogen-bond donors (Lipinski definition) is 1. The Labute approximate surface area is 196 Å². The molecule has 0 unspecified atom stereocenters. The first-order chi connectivity index (χ1) is 16.0. The Morgan fingerprint density at radius 2 is 1.88 bits per heavy atom. The number of rotatable bonds is 8. The van der Waals surface area contributed by atoms with Crippen LogP contribution in [-0.4, -0.2) is 41.6 Å². The van der Waals surface area contributed by atoms with Gasteiger partial charge in [0.15, 0.2) is 0 Å². The van der Waals surface area contributed by atoms with E-state index in [9.17, 15) is 9.90 Å². The van der Waals surface area contributed by atoms with Crippen LogP contribution in [0.3, 0.4) is 0 Å². The Balaban J connectivity index is 1.53. The summed E-state index contributed by atoms with van der Waals surface area (Å²) in [6, 6.07) is 17.5. The molecule has 5 heteroatoms. The maximum absolute atomic E-state index is 11.6. The largest absolute Gasteiger partial charge is 0.478 e. The third kappa shape index (κ3) is 5.09. The van der Waals surface area contributed by atoms with E-state index in [0.717, 1.165) is 37.8 Å². The average molecular weight is 444 g/mol. The number of pyridine rings is 1. The zero-order valence-corrected chi connectivity index (χ0v) is 19.8. The maximum Gasteiger partial charge on any atom is 0.336 e. The number of anilines is 2. The van der Waals surface area contributed by atoms with Gasteiger partial charge in [0.1, 0.15) is 0 Å². The van der Waals surface area contributed by atoms with E-state index in [1.807, 2.05) is 0 Å². The lowest BCUT2D eigenvalue weighted by Crippen LogP contribution is -2.32. The Morgan fingerprint density at radius 1 is 1.12 bits per heavy atom. The molecule has 1 aliphatic rings. The lowest BCUT2D eigenvalue weighted by Gasteiger charge is -2.35. The summed E-state index contributed by atoms with van der Waals surface area (Å²) in [6.45, 7) is 3.20. The van der Waals surface area contributed by atoms with Crippen LogP contribution in [0.4, 0.5) is 11.4 Å². The molecule has 1 aromatic heterocycles. The molecule has 0 saturated carbocycles. The van der Waals surface area contributed by atoms with E-state index >= 15 is 0 Å². The molecule has 5 nitrogen and oxygen atoms in total. The molecule has 0 radical (unpaired) electrons. The summed E-state index contributed by atoms with van der Waals surface area (Å²) < 4.78 is 0. The van der Waals surface area contributed by atoms with Gasteiger partial charge >= 0.3 is 5.97 Å². The molecule has 0 fully saturated rings. The molecule has 1 N–H and O–H groups in total. The number of likely N-dealkylation sites (N-methyl/N-ethyl adjacent to an activating group) is 1. The highest BCUT2D eigenvalue weighted by Crippen LogP contribution is 2.35. The third-order valence-electron chi connectivity index (χ3n) is 6.82. The van der Waals surface area contributed by atoms with Gasteiger partial charge in [-0.1, -0.05) is 31.5 Å². The molecule has 4 rings (SSSR count). The van der Waals surface area contributed by atoms with Crippen molar-refractivity contribution in [3.05, 3.63) is 88.7 Å². The van der Waals surface area contributed by atoms with Crippen molar-refractivity contribution < 1.29 is 9.90 Å². The predicted octanol–water partition coefficient (Wildman–Crippen LogP) is 5.66. The van der Waals surface area contributed by atoms with Crippen molar-refractivity contribution in [1.29, 1.82) is 0 Å². The standard InChI is InChI=1S/C28H33N3O2/c1-4-5-20-6-9-23(10-7-20)31(3)24-11-12-25-21(18-24)15-17-30(2)27(25)13-8-22-19-29-16-14-26(22)28(32)33/h6-7,9-12,14,16,18-19,27H,4-5,8,13,15,17H2,1-3H3,(H,32,33)/t27-/m0/s1. The molecule has 2 aromatic carbocycles. The first-order valence-electron chi connectivity index (χ1n) is 11.8. The first kappa shape index (κ1) is 23.0. The van der Waals surface area contributed by atoms with Gasteiger partial charge in [0.05, 0.1) is 5.56 Å². The number of aryl methyl sites for hydroxylation is 2. The molecule has 33 heavy (non-hydrogen) atoms. The van der Waals surface area contributed by atoms with Gasteiger partial charge < -0.3 is 10.0 Å². The van der Waals surface area contributed by atoms with E-state index in [0.29, 0.717) is 12.0 Å². The van der Waals surface area contributed by atoms with Crippen LogP contribution in [-0.2, 0) is 19.3 Å². The fourth-order valence-corrected chi connectivity index (χ4v) is 4.86. The molecule has 172 valence electrons. The number of aromatic nitrogens is 1. The molecule has 0 amide bonds. The average Bonchev–Trinajstić information content (AvgIpc) is 2.83.